The van der Waals surface area contributed by atoms with Crippen molar-refractivity contribution in [1.82, 2.24) is 10.6 Å². The van der Waals surface area contributed by atoms with Crippen LogP contribution in [0.15, 0.2) is 48.5 Å². The summed E-state index contributed by atoms with van der Waals surface area (Å²) < 4.78 is 0. The third kappa shape index (κ3) is 5.13. The first-order chi connectivity index (χ1) is 11.9. The number of nitro benzene ring substituents is 1. The van der Waals surface area contributed by atoms with E-state index >= 15 is 0 Å². The Kier molecular flexibility index (Phi) is 5.84. The van der Waals surface area contributed by atoms with Crippen LogP contribution < -0.4 is 10.6 Å². The molecule has 0 aliphatic rings. The summed E-state index contributed by atoms with van der Waals surface area (Å²) in [5.74, 6) is -0.874. The highest BCUT2D eigenvalue weighted by molar-refractivity contribution is 5.97. The van der Waals surface area contributed by atoms with E-state index < -0.39 is 16.9 Å². The fourth-order valence-electron chi connectivity index (χ4n) is 2.15. The van der Waals surface area contributed by atoms with E-state index in [0.29, 0.717) is 6.54 Å². The van der Waals surface area contributed by atoms with Crippen LogP contribution in [0, 0.1) is 17.0 Å². The van der Waals surface area contributed by atoms with Gasteiger partial charge in [0.05, 0.1) is 4.92 Å². The van der Waals surface area contributed by atoms with Gasteiger partial charge in [-0.2, -0.15) is 0 Å². The lowest BCUT2D eigenvalue weighted by Crippen LogP contribution is -2.44. The van der Waals surface area contributed by atoms with Gasteiger partial charge in [0.25, 0.3) is 11.6 Å². The minimum atomic E-state index is -0.766. The summed E-state index contributed by atoms with van der Waals surface area (Å²) in [6.45, 7) is 3.89. The third-order valence-electron chi connectivity index (χ3n) is 3.65. The Bertz CT molecular complexity index is 787. The van der Waals surface area contributed by atoms with Gasteiger partial charge in [0.2, 0.25) is 5.91 Å². The quantitative estimate of drug-likeness (QED) is 0.622. The molecule has 2 N–H and O–H groups in total. The highest BCUT2D eigenvalue weighted by Gasteiger charge is 2.18. The van der Waals surface area contributed by atoms with Crippen LogP contribution in [0.3, 0.4) is 0 Å². The van der Waals surface area contributed by atoms with Gasteiger partial charge >= 0.3 is 0 Å². The lowest BCUT2D eigenvalue weighted by molar-refractivity contribution is -0.384. The summed E-state index contributed by atoms with van der Waals surface area (Å²) in [4.78, 5) is 34.4. The van der Waals surface area contributed by atoms with Crippen LogP contribution in [0.2, 0.25) is 0 Å². The maximum absolute atomic E-state index is 12.1. The Hall–Kier alpha value is -3.22. The number of benzene rings is 2. The average Bonchev–Trinajstić information content (AvgIpc) is 2.60. The van der Waals surface area contributed by atoms with Crippen molar-refractivity contribution >= 4 is 17.5 Å². The molecule has 7 nitrogen and oxygen atoms in total. The number of nitro groups is 1. The van der Waals surface area contributed by atoms with Crippen molar-refractivity contribution in [2.75, 3.05) is 0 Å². The molecule has 2 aromatic carbocycles. The van der Waals surface area contributed by atoms with Gasteiger partial charge in [-0.15, -0.1) is 0 Å². The largest absolute Gasteiger partial charge is 0.350 e. The predicted octanol–water partition coefficient (Wildman–Crippen LogP) is 2.34. The van der Waals surface area contributed by atoms with E-state index in [9.17, 15) is 19.7 Å². The van der Waals surface area contributed by atoms with Crippen LogP contribution in [0.5, 0.6) is 0 Å². The van der Waals surface area contributed by atoms with Gasteiger partial charge in [-0.3, -0.25) is 19.7 Å². The molecular formula is C18H19N3O4. The Labute approximate surface area is 145 Å². The number of carbonyl (C=O) groups excluding carboxylic acids is 2. The number of aryl methyl sites for hydroxylation is 1. The second kappa shape index (κ2) is 8.05. The van der Waals surface area contributed by atoms with Gasteiger partial charge in [0, 0.05) is 24.2 Å². The van der Waals surface area contributed by atoms with E-state index in [1.54, 1.807) is 6.92 Å². The topological polar surface area (TPSA) is 101 Å². The summed E-state index contributed by atoms with van der Waals surface area (Å²) in [5.41, 5.74) is 2.04. The molecule has 2 aromatic rings. The Balaban J connectivity index is 1.91. The molecule has 0 aliphatic heterocycles. The molecule has 0 fully saturated rings. The molecule has 0 saturated heterocycles. The molecule has 0 aliphatic carbocycles. The molecule has 2 amide bonds. The lowest BCUT2D eigenvalue weighted by Gasteiger charge is -2.14. The molecule has 25 heavy (non-hydrogen) atoms. The summed E-state index contributed by atoms with van der Waals surface area (Å²) in [6.07, 6.45) is 0. The Morgan fingerprint density at radius 2 is 1.84 bits per heavy atom. The molecule has 1 unspecified atom stereocenters. The van der Waals surface area contributed by atoms with Crippen molar-refractivity contribution in [3.8, 4) is 0 Å². The van der Waals surface area contributed by atoms with Crippen LogP contribution >= 0.6 is 0 Å². The van der Waals surface area contributed by atoms with Gasteiger partial charge in [-0.05, 0) is 25.5 Å². The summed E-state index contributed by atoms with van der Waals surface area (Å²) in [7, 11) is 0. The highest BCUT2D eigenvalue weighted by Crippen LogP contribution is 2.13. The molecule has 0 radical (unpaired) electrons. The average molecular weight is 341 g/mol. The first-order valence-electron chi connectivity index (χ1n) is 7.75. The Morgan fingerprint density at radius 3 is 2.48 bits per heavy atom. The first kappa shape index (κ1) is 18.1. The van der Waals surface area contributed by atoms with E-state index in [4.69, 9.17) is 0 Å². The normalized spacial score (nSPS) is 11.4. The zero-order valence-corrected chi connectivity index (χ0v) is 14.0. The van der Waals surface area contributed by atoms with Crippen LogP contribution in [0.1, 0.15) is 28.4 Å². The Morgan fingerprint density at radius 1 is 1.16 bits per heavy atom. The SMILES string of the molecule is Cc1ccc(CNC(=O)C(C)NC(=O)c2cccc([N+](=O)[O-])c2)cc1. The molecule has 0 aromatic heterocycles. The summed E-state index contributed by atoms with van der Waals surface area (Å²) >= 11 is 0. The molecule has 0 spiro atoms. The van der Waals surface area contributed by atoms with Gasteiger partial charge in [0.15, 0.2) is 0 Å². The molecule has 7 heteroatoms. The van der Waals surface area contributed by atoms with Crippen molar-refractivity contribution in [2.45, 2.75) is 26.4 Å². The number of amides is 2. The molecular weight excluding hydrogens is 322 g/mol. The van der Waals surface area contributed by atoms with E-state index in [0.717, 1.165) is 11.1 Å². The monoisotopic (exact) mass is 341 g/mol. The second-order valence-corrected chi connectivity index (χ2v) is 5.71. The predicted molar refractivity (Wildman–Crippen MR) is 93.1 cm³/mol. The summed E-state index contributed by atoms with van der Waals surface area (Å²) in [5, 5.41) is 16.0. The van der Waals surface area contributed by atoms with Crippen LogP contribution in [-0.2, 0) is 11.3 Å². The lowest BCUT2D eigenvalue weighted by atomic mass is 10.1. The van der Waals surface area contributed by atoms with Crippen LogP contribution in [0.4, 0.5) is 5.69 Å². The van der Waals surface area contributed by atoms with Gasteiger partial charge < -0.3 is 10.6 Å². The van der Waals surface area contributed by atoms with Crippen LogP contribution in [-0.4, -0.2) is 22.8 Å². The molecule has 1 atom stereocenters. The number of non-ortho nitro benzene ring substituents is 1. The number of nitrogens with zero attached hydrogens (tertiary/aromatic N) is 1. The molecule has 130 valence electrons. The molecule has 0 saturated carbocycles. The number of carbonyl (C=O) groups is 2. The molecule has 0 bridgehead atoms. The highest BCUT2D eigenvalue weighted by atomic mass is 16.6. The summed E-state index contributed by atoms with van der Waals surface area (Å²) in [6, 6.07) is 12.3. The molecule has 0 heterocycles. The standard InChI is InChI=1S/C18H19N3O4/c1-12-6-8-14(9-7-12)11-19-17(22)13(2)20-18(23)15-4-3-5-16(10-15)21(24)25/h3-10,13H,11H2,1-2H3,(H,19,22)(H,20,23). The zero-order valence-electron chi connectivity index (χ0n) is 14.0. The van der Waals surface area contributed by atoms with Crippen molar-refractivity contribution in [3.05, 3.63) is 75.3 Å². The van der Waals surface area contributed by atoms with Gasteiger partial charge in [-0.25, -0.2) is 0 Å². The van der Waals surface area contributed by atoms with Crippen molar-refractivity contribution < 1.29 is 14.5 Å². The number of nitrogens with one attached hydrogen (secondary N) is 2. The second-order valence-electron chi connectivity index (χ2n) is 5.71. The molecule has 2 rings (SSSR count). The van der Waals surface area contributed by atoms with Gasteiger partial charge in [-0.1, -0.05) is 35.9 Å². The van der Waals surface area contributed by atoms with E-state index in [1.807, 2.05) is 31.2 Å². The fraction of sp³-hybridized carbons (Fsp3) is 0.222. The van der Waals surface area contributed by atoms with Gasteiger partial charge in [0.1, 0.15) is 6.04 Å². The van der Waals surface area contributed by atoms with Crippen LogP contribution in [0.25, 0.3) is 0 Å². The zero-order chi connectivity index (χ0) is 18.4. The number of hydrogen-bond donors (Lipinski definition) is 2. The number of hydrogen-bond acceptors (Lipinski definition) is 4. The minimum Gasteiger partial charge on any atom is -0.350 e. The van der Waals surface area contributed by atoms with Crippen molar-refractivity contribution in [1.29, 1.82) is 0 Å². The maximum atomic E-state index is 12.1. The first-order valence-corrected chi connectivity index (χ1v) is 7.75. The fourth-order valence-corrected chi connectivity index (χ4v) is 2.15. The maximum Gasteiger partial charge on any atom is 0.270 e. The van der Waals surface area contributed by atoms with Crippen molar-refractivity contribution in [2.24, 2.45) is 0 Å². The van der Waals surface area contributed by atoms with E-state index in [2.05, 4.69) is 10.6 Å². The smallest absolute Gasteiger partial charge is 0.270 e. The minimum absolute atomic E-state index is 0.132. The van der Waals surface area contributed by atoms with E-state index in [-0.39, 0.29) is 17.2 Å². The number of rotatable bonds is 6. The third-order valence-corrected chi connectivity index (χ3v) is 3.65. The van der Waals surface area contributed by atoms with E-state index in [1.165, 1.54) is 24.3 Å². The van der Waals surface area contributed by atoms with Crippen molar-refractivity contribution in [3.63, 3.8) is 0 Å².